The van der Waals surface area contributed by atoms with Crippen molar-refractivity contribution in [1.29, 1.82) is 5.26 Å². The molecule has 68 heavy (non-hydrogen) atoms. The van der Waals surface area contributed by atoms with Crippen molar-refractivity contribution in [3.63, 3.8) is 0 Å². The molecule has 0 bridgehead atoms. The van der Waals surface area contributed by atoms with Gasteiger partial charge in [-0.15, -0.1) is 90.0 Å². The molecule has 0 amide bonds. The zero-order valence-electron chi connectivity index (χ0n) is 50.7. The first-order valence-electron chi connectivity index (χ1n) is 28.2. The summed E-state index contributed by atoms with van der Waals surface area (Å²) in [7, 11) is 0. The third kappa shape index (κ3) is 11.8. The average molecular weight is 1080 g/mol. The van der Waals surface area contributed by atoms with E-state index in [0.717, 1.165) is 35.2 Å². The van der Waals surface area contributed by atoms with E-state index < -0.39 is 65.8 Å². The van der Waals surface area contributed by atoms with Crippen LogP contribution >= 0.6 is 0 Å². The second-order valence-corrected chi connectivity index (χ2v) is 19.0. The number of pyridine rings is 3. The molecule has 5 nitrogen and oxygen atoms in total. The van der Waals surface area contributed by atoms with Crippen LogP contribution in [0.5, 0.6) is 0 Å². The fourth-order valence-electron chi connectivity index (χ4n) is 7.94. The van der Waals surface area contributed by atoms with Crippen LogP contribution in [0, 0.1) is 40.4 Å². The predicted molar refractivity (Wildman–Crippen MR) is 273 cm³/mol. The van der Waals surface area contributed by atoms with Crippen LogP contribution in [0.3, 0.4) is 0 Å². The number of nitriles is 1. The van der Waals surface area contributed by atoms with Crippen LogP contribution in [0.4, 0.5) is 0 Å². The molecule has 5 aromatic carbocycles. The van der Waals surface area contributed by atoms with E-state index in [1.807, 2.05) is 59.7 Å². The van der Waals surface area contributed by atoms with Gasteiger partial charge in [-0.25, -0.2) is 0 Å². The summed E-state index contributed by atoms with van der Waals surface area (Å²) >= 11 is 0. The SMILES string of the molecule is [2H]C([2H])(c1ccc(-c2[c-]ccc3c2oc2cc(C#N)ccc23)nc1)C([2H])([2H])c1cc(C([2H])([2H])C([2H])([2H])c2cnc(-c3[c-]cccc3)cc2CC(C)(C)C)cc(C([2H])([2H])C([2H])([2H])c2cnc(-c3[c-]cccc3)cc2CC(C)(C)C)c1.[Ir+3]. The molecule has 0 radical (unpaired) electrons. The quantitative estimate of drug-likeness (QED) is 0.101. The number of aryl methyl sites for hydroxylation is 6. The molecular formula is C62H57IrN4O. The number of rotatable bonds is 14. The van der Waals surface area contributed by atoms with Gasteiger partial charge in [-0.05, 0) is 136 Å². The van der Waals surface area contributed by atoms with Crippen molar-refractivity contribution >= 4 is 21.9 Å². The van der Waals surface area contributed by atoms with Gasteiger partial charge in [0.25, 0.3) is 0 Å². The summed E-state index contributed by atoms with van der Waals surface area (Å²) in [5.41, 5.74) is 2.07. The second-order valence-electron chi connectivity index (χ2n) is 19.0. The van der Waals surface area contributed by atoms with Crippen molar-refractivity contribution in [2.24, 2.45) is 10.8 Å². The minimum Gasteiger partial charge on any atom is -0.501 e. The Morgan fingerprint density at radius 1 is 0.529 bits per heavy atom. The molecule has 0 saturated carbocycles. The first-order valence-corrected chi connectivity index (χ1v) is 22.2. The smallest absolute Gasteiger partial charge is 0.501 e. The third-order valence-electron chi connectivity index (χ3n) is 10.9. The summed E-state index contributed by atoms with van der Waals surface area (Å²) in [6.07, 6.45) is -14.1. The van der Waals surface area contributed by atoms with Crippen LogP contribution in [-0.4, -0.2) is 15.0 Å². The Labute approximate surface area is 433 Å². The number of fused-ring (bicyclic) bond motifs is 3. The average Bonchev–Trinajstić information content (AvgIpc) is 3.80. The number of nitrogens with zero attached hydrogens (tertiary/aromatic N) is 4. The molecule has 0 aliphatic rings. The first-order chi connectivity index (χ1) is 36.9. The van der Waals surface area contributed by atoms with Gasteiger partial charge in [0, 0.05) is 40.4 Å². The number of aromatic nitrogens is 3. The molecule has 0 fully saturated rings. The van der Waals surface area contributed by atoms with Gasteiger partial charge in [-0.1, -0.05) is 101 Å². The van der Waals surface area contributed by atoms with Crippen LogP contribution in [0.1, 0.15) is 108 Å². The monoisotopic (exact) mass is 1080 g/mol. The fourth-order valence-corrected chi connectivity index (χ4v) is 7.94. The molecule has 0 N–H and O–H groups in total. The van der Waals surface area contributed by atoms with Crippen molar-refractivity contribution in [1.82, 2.24) is 15.0 Å². The van der Waals surface area contributed by atoms with E-state index in [-0.39, 0.29) is 49.6 Å². The van der Waals surface area contributed by atoms with Gasteiger partial charge in [0.05, 0.1) is 17.2 Å². The van der Waals surface area contributed by atoms with E-state index in [1.165, 1.54) is 24.5 Å². The zero-order valence-corrected chi connectivity index (χ0v) is 41.1. The predicted octanol–water partition coefficient (Wildman–Crippen LogP) is 14.6. The zero-order chi connectivity index (χ0) is 57.3. The van der Waals surface area contributed by atoms with Gasteiger partial charge in [0.15, 0.2) is 0 Å². The minimum atomic E-state index is -3.16. The van der Waals surface area contributed by atoms with Crippen LogP contribution in [0.15, 0.2) is 144 Å². The number of benzene rings is 5. The molecule has 0 saturated heterocycles. The molecule has 6 heteroatoms. The largest absolute Gasteiger partial charge is 3.00 e. The molecule has 0 unspecified atom stereocenters. The van der Waals surface area contributed by atoms with Crippen molar-refractivity contribution in [3.05, 3.63) is 208 Å². The normalized spacial score (nSPS) is 15.6. The maximum Gasteiger partial charge on any atom is 3.00 e. The molecule has 0 aliphatic heterocycles. The molecule has 0 spiro atoms. The van der Waals surface area contributed by atoms with Gasteiger partial charge >= 0.3 is 20.1 Å². The molecule has 4 aromatic heterocycles. The summed E-state index contributed by atoms with van der Waals surface area (Å²) in [5, 5.41) is 11.0. The molecular weight excluding hydrogens is 1010 g/mol. The van der Waals surface area contributed by atoms with Crippen molar-refractivity contribution < 1.29 is 41.0 Å². The van der Waals surface area contributed by atoms with E-state index in [9.17, 15) is 21.7 Å². The molecule has 4 heterocycles. The Hall–Kier alpha value is -6.51. The Morgan fingerprint density at radius 3 is 1.57 bits per heavy atom. The van der Waals surface area contributed by atoms with Gasteiger partial charge in [0.2, 0.25) is 0 Å². The second kappa shape index (κ2) is 20.8. The van der Waals surface area contributed by atoms with Gasteiger partial charge < -0.3 is 19.4 Å². The number of hydrogen-bond acceptors (Lipinski definition) is 5. The van der Waals surface area contributed by atoms with Crippen molar-refractivity contribution in [2.45, 2.75) is 92.6 Å². The van der Waals surface area contributed by atoms with Crippen LogP contribution in [-0.2, 0) is 71.2 Å². The standard InChI is InChI=1S/C62H57N4O.Ir/c1-61(2,3)36-51-34-57(47-14-9-7-10-15-47)65-40-49(51)26-22-44-30-43(31-45(32-44)23-27-50-41-66-58(48-16-11-8-12-17-48)35-52(50)37-62(4,5)6)21-20-42-25-29-56(64-39-42)55-19-13-18-54-53-28-24-46(38-63)33-59(53)67-60(54)55;/h7-14,16,18,24-25,28-35,39-41H,20-23,26-27,36-37H2,1-6H3;/q-3;+3/i20D2,21D2,22D2,23D2,26D2,27D2;. The summed E-state index contributed by atoms with van der Waals surface area (Å²) in [5.74, 6) is 0. The third-order valence-corrected chi connectivity index (χ3v) is 10.9. The first kappa shape index (κ1) is 34.7. The Morgan fingerprint density at radius 2 is 1.07 bits per heavy atom. The van der Waals surface area contributed by atoms with Gasteiger partial charge in [-0.2, -0.15) is 5.26 Å². The van der Waals surface area contributed by atoms with Gasteiger partial charge in [0.1, 0.15) is 5.58 Å². The van der Waals surface area contributed by atoms with E-state index in [4.69, 9.17) is 4.42 Å². The van der Waals surface area contributed by atoms with E-state index in [0.29, 0.717) is 61.6 Å². The Bertz CT molecular complexity index is 3650. The Balaban J connectivity index is 0.00000841. The minimum absolute atomic E-state index is 0. The number of furan rings is 1. The maximum absolute atomic E-state index is 9.83. The summed E-state index contributed by atoms with van der Waals surface area (Å²) in [4.78, 5) is 13.7. The molecule has 0 atom stereocenters. The van der Waals surface area contributed by atoms with E-state index in [2.05, 4.69) is 39.2 Å². The molecule has 0 aliphatic carbocycles. The fraction of sp³-hybridized carbons (Fsp3) is 0.258. The van der Waals surface area contributed by atoms with Crippen LogP contribution in [0.2, 0.25) is 0 Å². The summed E-state index contributed by atoms with van der Waals surface area (Å²) in [6, 6.07) is 43.7. The van der Waals surface area contributed by atoms with Crippen molar-refractivity contribution in [2.75, 3.05) is 0 Å². The van der Waals surface area contributed by atoms with Crippen LogP contribution < -0.4 is 0 Å². The molecule has 9 aromatic rings. The maximum atomic E-state index is 9.83. The number of hydrogen-bond donors (Lipinski definition) is 0. The van der Waals surface area contributed by atoms with Gasteiger partial charge in [-0.3, -0.25) is 0 Å². The summed E-state index contributed by atoms with van der Waals surface area (Å²) < 4.78 is 123. The molecule has 340 valence electrons. The summed E-state index contributed by atoms with van der Waals surface area (Å²) in [6.45, 7) is 11.8. The molecule has 9 rings (SSSR count). The topological polar surface area (TPSA) is 75.6 Å². The van der Waals surface area contributed by atoms with Crippen LogP contribution in [0.25, 0.3) is 55.7 Å². The van der Waals surface area contributed by atoms with Crippen molar-refractivity contribution in [3.8, 4) is 39.8 Å². The Kier molecular flexibility index (Phi) is 10.6. The van der Waals surface area contributed by atoms with E-state index in [1.54, 1.807) is 72.8 Å². The van der Waals surface area contributed by atoms with E-state index >= 15 is 0 Å².